The van der Waals surface area contributed by atoms with Crippen molar-refractivity contribution >= 4 is 17.6 Å². The van der Waals surface area contributed by atoms with Gasteiger partial charge in [0.25, 0.3) is 0 Å². The zero-order valence-corrected chi connectivity index (χ0v) is 15.1. The third-order valence-electron chi connectivity index (χ3n) is 4.09. The van der Waals surface area contributed by atoms with Gasteiger partial charge in [-0.2, -0.15) is 0 Å². The van der Waals surface area contributed by atoms with Crippen molar-refractivity contribution < 1.29 is 24.2 Å². The van der Waals surface area contributed by atoms with Crippen LogP contribution in [0.3, 0.4) is 0 Å². The van der Waals surface area contributed by atoms with Crippen LogP contribution in [0.4, 0.5) is 5.69 Å². The lowest BCUT2D eigenvalue weighted by molar-refractivity contribution is -0.138. The molecule has 2 rings (SSSR count). The smallest absolute Gasteiger partial charge is 0.310 e. The average molecular weight is 357 g/mol. The summed E-state index contributed by atoms with van der Waals surface area (Å²) in [5.41, 5.74) is 2.17. The molecule has 0 aromatic heterocycles. The molecule has 0 saturated heterocycles. The molecule has 6 nitrogen and oxygen atoms in total. The van der Waals surface area contributed by atoms with Gasteiger partial charge in [0.1, 0.15) is 11.5 Å². The van der Waals surface area contributed by atoms with E-state index in [9.17, 15) is 9.59 Å². The maximum Gasteiger partial charge on any atom is 0.310 e. The van der Waals surface area contributed by atoms with Gasteiger partial charge < -0.3 is 19.9 Å². The summed E-state index contributed by atoms with van der Waals surface area (Å²) >= 11 is 0. The van der Waals surface area contributed by atoms with E-state index in [0.29, 0.717) is 29.2 Å². The normalized spacial score (nSPS) is 11.5. The third-order valence-corrected chi connectivity index (χ3v) is 4.09. The topological polar surface area (TPSA) is 84.9 Å². The van der Waals surface area contributed by atoms with Crippen LogP contribution in [0.2, 0.25) is 0 Å². The molecular weight excluding hydrogens is 334 g/mol. The molecular formula is C20H23NO5. The Bertz CT molecular complexity index is 765. The van der Waals surface area contributed by atoms with Gasteiger partial charge in [-0.3, -0.25) is 9.59 Å². The van der Waals surface area contributed by atoms with E-state index < -0.39 is 11.9 Å². The zero-order valence-electron chi connectivity index (χ0n) is 15.1. The highest BCUT2D eigenvalue weighted by atomic mass is 16.5. The Balaban J connectivity index is 1.99. The van der Waals surface area contributed by atoms with Gasteiger partial charge in [-0.15, -0.1) is 0 Å². The predicted molar refractivity (Wildman–Crippen MR) is 99.0 cm³/mol. The minimum atomic E-state index is -0.902. The van der Waals surface area contributed by atoms with Crippen LogP contribution in [0.1, 0.15) is 30.4 Å². The second kappa shape index (κ2) is 8.89. The molecule has 1 unspecified atom stereocenters. The van der Waals surface area contributed by atoms with Crippen LogP contribution in [-0.4, -0.2) is 31.2 Å². The summed E-state index contributed by atoms with van der Waals surface area (Å²) in [6, 6.07) is 12.4. The molecule has 0 aliphatic carbocycles. The highest BCUT2D eigenvalue weighted by Crippen LogP contribution is 2.24. The maximum absolute atomic E-state index is 12.2. The van der Waals surface area contributed by atoms with Crippen molar-refractivity contribution in [2.45, 2.75) is 25.7 Å². The number of benzene rings is 2. The number of carbonyl (C=O) groups is 2. The molecule has 0 spiro atoms. The quantitative estimate of drug-likeness (QED) is 0.756. The molecule has 0 saturated carbocycles. The molecule has 0 radical (unpaired) electrons. The highest BCUT2D eigenvalue weighted by molar-refractivity contribution is 5.91. The molecule has 0 bridgehead atoms. The van der Waals surface area contributed by atoms with Crippen LogP contribution in [0.5, 0.6) is 11.5 Å². The maximum atomic E-state index is 12.2. The van der Waals surface area contributed by atoms with Gasteiger partial charge in [0.15, 0.2) is 0 Å². The number of nitrogens with one attached hydrogen (secondary N) is 1. The number of hydrogen-bond acceptors (Lipinski definition) is 4. The van der Waals surface area contributed by atoms with E-state index in [4.69, 9.17) is 14.6 Å². The summed E-state index contributed by atoms with van der Waals surface area (Å²) in [4.78, 5) is 23.3. The second-order valence-electron chi connectivity index (χ2n) is 5.95. The molecule has 0 fully saturated rings. The first-order valence-corrected chi connectivity index (χ1v) is 8.27. The molecule has 26 heavy (non-hydrogen) atoms. The van der Waals surface area contributed by atoms with Gasteiger partial charge in [-0.05, 0) is 48.7 Å². The van der Waals surface area contributed by atoms with Crippen LogP contribution in [0, 0.1) is 0 Å². The van der Waals surface area contributed by atoms with Crippen molar-refractivity contribution in [1.82, 2.24) is 0 Å². The second-order valence-corrected chi connectivity index (χ2v) is 5.95. The zero-order chi connectivity index (χ0) is 19.1. The van der Waals surface area contributed by atoms with E-state index in [1.807, 2.05) is 12.1 Å². The fraction of sp³-hybridized carbons (Fsp3) is 0.300. The number of aliphatic carboxylic acids is 1. The molecule has 1 atom stereocenters. The monoisotopic (exact) mass is 357 g/mol. The van der Waals surface area contributed by atoms with Gasteiger partial charge in [0.05, 0.1) is 20.1 Å². The lowest BCUT2D eigenvalue weighted by Gasteiger charge is -2.11. The van der Waals surface area contributed by atoms with Crippen LogP contribution in [0.15, 0.2) is 42.5 Å². The number of carboxylic acid groups (broad SMARTS) is 1. The third kappa shape index (κ3) is 5.24. The number of anilines is 1. The summed E-state index contributed by atoms with van der Waals surface area (Å²) in [7, 11) is 3.16. The SMILES string of the molecule is COc1cc(CCC(=O)Nc2cccc(C(C)C(=O)O)c2)cc(OC)c1. The van der Waals surface area contributed by atoms with E-state index in [0.717, 1.165) is 5.56 Å². The Kier molecular flexibility index (Phi) is 6.60. The van der Waals surface area contributed by atoms with Gasteiger partial charge in [0.2, 0.25) is 5.91 Å². The van der Waals surface area contributed by atoms with Gasteiger partial charge in [-0.1, -0.05) is 12.1 Å². The van der Waals surface area contributed by atoms with Crippen LogP contribution in [-0.2, 0) is 16.0 Å². The number of carbonyl (C=O) groups excluding carboxylic acids is 1. The summed E-state index contributed by atoms with van der Waals surface area (Å²) in [6.07, 6.45) is 0.819. The Morgan fingerprint density at radius 1 is 1.08 bits per heavy atom. The fourth-order valence-corrected chi connectivity index (χ4v) is 2.52. The molecule has 0 heterocycles. The largest absolute Gasteiger partial charge is 0.497 e. The first-order valence-electron chi connectivity index (χ1n) is 8.27. The highest BCUT2D eigenvalue weighted by Gasteiger charge is 2.14. The predicted octanol–water partition coefficient (Wildman–Crippen LogP) is 3.46. The number of hydrogen-bond donors (Lipinski definition) is 2. The van der Waals surface area contributed by atoms with Crippen molar-refractivity contribution in [2.24, 2.45) is 0 Å². The number of methoxy groups -OCH3 is 2. The van der Waals surface area contributed by atoms with Crippen molar-refractivity contribution in [3.8, 4) is 11.5 Å². The van der Waals surface area contributed by atoms with Gasteiger partial charge in [-0.25, -0.2) is 0 Å². The first kappa shape index (κ1) is 19.3. The molecule has 2 aromatic carbocycles. The Morgan fingerprint density at radius 3 is 2.31 bits per heavy atom. The molecule has 2 N–H and O–H groups in total. The van der Waals surface area contributed by atoms with Gasteiger partial charge in [0, 0.05) is 18.2 Å². The number of ether oxygens (including phenoxy) is 2. The summed E-state index contributed by atoms with van der Waals surface area (Å²) in [5, 5.41) is 11.9. The van der Waals surface area contributed by atoms with Gasteiger partial charge >= 0.3 is 5.97 Å². The van der Waals surface area contributed by atoms with Crippen LogP contribution >= 0.6 is 0 Å². The average Bonchev–Trinajstić information content (AvgIpc) is 2.65. The molecule has 0 aliphatic rings. The van der Waals surface area contributed by atoms with Crippen LogP contribution in [0.25, 0.3) is 0 Å². The summed E-state index contributed by atoms with van der Waals surface area (Å²) in [5.74, 6) is -0.325. The molecule has 6 heteroatoms. The summed E-state index contributed by atoms with van der Waals surface area (Å²) < 4.78 is 10.5. The first-order chi connectivity index (χ1) is 12.4. The van der Waals surface area contributed by atoms with Crippen molar-refractivity contribution in [2.75, 3.05) is 19.5 Å². The van der Waals surface area contributed by atoms with E-state index in [1.165, 1.54) is 0 Å². The van der Waals surface area contributed by atoms with Crippen molar-refractivity contribution in [3.05, 3.63) is 53.6 Å². The lowest BCUT2D eigenvalue weighted by Crippen LogP contribution is -2.13. The molecule has 1 amide bonds. The van der Waals surface area contributed by atoms with Crippen LogP contribution < -0.4 is 14.8 Å². The Hall–Kier alpha value is -3.02. The fourth-order valence-electron chi connectivity index (χ4n) is 2.52. The number of aryl methyl sites for hydroxylation is 1. The summed E-state index contributed by atoms with van der Waals surface area (Å²) in [6.45, 7) is 1.61. The number of carboxylic acids is 1. The lowest BCUT2D eigenvalue weighted by atomic mass is 10.0. The van der Waals surface area contributed by atoms with E-state index in [1.54, 1.807) is 51.5 Å². The van der Waals surface area contributed by atoms with E-state index in [2.05, 4.69) is 5.32 Å². The molecule has 2 aromatic rings. The Labute approximate surface area is 152 Å². The molecule has 0 aliphatic heterocycles. The van der Waals surface area contributed by atoms with E-state index in [-0.39, 0.29) is 12.3 Å². The Morgan fingerprint density at radius 2 is 1.73 bits per heavy atom. The standard InChI is InChI=1S/C20H23NO5/c1-13(20(23)24)15-5-4-6-16(11-15)21-19(22)8-7-14-9-17(25-2)12-18(10-14)26-3/h4-6,9-13H,7-8H2,1-3H3,(H,21,22)(H,23,24). The van der Waals surface area contributed by atoms with Crippen molar-refractivity contribution in [3.63, 3.8) is 0 Å². The number of amides is 1. The molecule has 138 valence electrons. The minimum absolute atomic E-state index is 0.146. The number of rotatable bonds is 8. The minimum Gasteiger partial charge on any atom is -0.497 e. The van der Waals surface area contributed by atoms with Crippen molar-refractivity contribution in [1.29, 1.82) is 0 Å². The van der Waals surface area contributed by atoms with E-state index >= 15 is 0 Å².